The first-order valence-corrected chi connectivity index (χ1v) is 32.0. The molecule has 1 aliphatic rings. The van der Waals surface area contributed by atoms with Gasteiger partial charge in [-0.05, 0) is 38.5 Å². The van der Waals surface area contributed by atoms with Gasteiger partial charge in [0.15, 0.2) is 6.29 Å². The monoisotopic (exact) mass is 1040 g/mol. The lowest BCUT2D eigenvalue weighted by Crippen LogP contribution is -2.60. The highest BCUT2D eigenvalue weighted by Gasteiger charge is 2.44. The van der Waals surface area contributed by atoms with Gasteiger partial charge in [-0.25, -0.2) is 0 Å². The molecule has 73 heavy (non-hydrogen) atoms. The molecular formula is C63H123NO9. The Morgan fingerprint density at radius 1 is 0.452 bits per heavy atom. The highest BCUT2D eigenvalue weighted by atomic mass is 16.7. The van der Waals surface area contributed by atoms with Crippen LogP contribution in [0.2, 0.25) is 0 Å². The molecule has 0 aromatic carbocycles. The third kappa shape index (κ3) is 41.6. The molecule has 0 radical (unpaired) electrons. The molecule has 1 amide bonds. The fraction of sp³-hybridized carbons (Fsp3) is 0.952. The van der Waals surface area contributed by atoms with Crippen LogP contribution in [-0.2, 0) is 14.3 Å². The summed E-state index contributed by atoms with van der Waals surface area (Å²) < 4.78 is 11.2. The van der Waals surface area contributed by atoms with Gasteiger partial charge in [-0.1, -0.05) is 296 Å². The topological polar surface area (TPSA) is 169 Å². The van der Waals surface area contributed by atoms with E-state index < -0.39 is 61.5 Å². The van der Waals surface area contributed by atoms with Crippen LogP contribution in [0.4, 0.5) is 0 Å². The lowest BCUT2D eigenvalue weighted by Gasteiger charge is -2.40. The summed E-state index contributed by atoms with van der Waals surface area (Å²) in [6, 6.07) is -0.891. The predicted octanol–water partition coefficient (Wildman–Crippen LogP) is 15.3. The average molecular weight is 1040 g/mol. The summed E-state index contributed by atoms with van der Waals surface area (Å²) >= 11 is 0. The lowest BCUT2D eigenvalue weighted by atomic mass is 9.99. The molecule has 7 N–H and O–H groups in total. The highest BCUT2D eigenvalue weighted by molar-refractivity contribution is 5.80. The zero-order chi connectivity index (χ0) is 53.1. The molecule has 8 unspecified atom stereocenters. The van der Waals surface area contributed by atoms with Crippen molar-refractivity contribution in [3.63, 3.8) is 0 Å². The van der Waals surface area contributed by atoms with Crippen molar-refractivity contribution in [3.05, 3.63) is 12.2 Å². The minimum atomic E-state index is -1.59. The second-order valence-corrected chi connectivity index (χ2v) is 22.7. The standard InChI is InChI=1S/C63H123NO9/c1-3-5-7-9-11-13-15-17-18-19-20-21-22-23-24-25-26-27-28-29-30-31-32-33-34-35-36-37-38-39-40-42-44-46-48-50-52-57(67)62(71)64-55(54-72-63-61(70)60(69)59(68)58(53-65)73-63)56(66)51-49-47-45-43-41-16-14-12-10-8-6-4-2/h27-28,55-61,63,65-70H,3-26,29-54H2,1-2H3,(H,64,71)/b28-27-. The van der Waals surface area contributed by atoms with Crippen molar-refractivity contribution < 1.29 is 44.9 Å². The van der Waals surface area contributed by atoms with Gasteiger partial charge in [0.05, 0.1) is 25.4 Å². The van der Waals surface area contributed by atoms with Gasteiger partial charge in [-0.15, -0.1) is 0 Å². The smallest absolute Gasteiger partial charge is 0.249 e. The third-order valence-corrected chi connectivity index (χ3v) is 15.7. The van der Waals surface area contributed by atoms with Crippen LogP contribution in [0, 0.1) is 0 Å². The summed E-state index contributed by atoms with van der Waals surface area (Å²) in [6.07, 6.45) is 56.1. The zero-order valence-electron chi connectivity index (χ0n) is 48.0. The van der Waals surface area contributed by atoms with Crippen molar-refractivity contribution in [3.8, 4) is 0 Å². The quantitative estimate of drug-likeness (QED) is 0.0232. The van der Waals surface area contributed by atoms with E-state index in [-0.39, 0.29) is 6.61 Å². The molecule has 1 aliphatic heterocycles. The van der Waals surface area contributed by atoms with Gasteiger partial charge in [0.2, 0.25) is 5.91 Å². The summed E-state index contributed by atoms with van der Waals surface area (Å²) in [5.74, 6) is -0.579. The second kappa shape index (κ2) is 52.9. The van der Waals surface area contributed by atoms with Crippen LogP contribution >= 0.6 is 0 Å². The molecule has 0 aromatic heterocycles. The minimum Gasteiger partial charge on any atom is -0.394 e. The number of carbonyl (C=O) groups is 1. The van der Waals surface area contributed by atoms with Crippen LogP contribution in [-0.4, -0.2) is 98.7 Å². The number of hydrogen-bond donors (Lipinski definition) is 7. The van der Waals surface area contributed by atoms with Gasteiger partial charge < -0.3 is 45.4 Å². The van der Waals surface area contributed by atoms with E-state index in [1.54, 1.807) is 0 Å². The van der Waals surface area contributed by atoms with Crippen LogP contribution in [0.1, 0.15) is 322 Å². The maximum Gasteiger partial charge on any atom is 0.249 e. The van der Waals surface area contributed by atoms with Crippen molar-refractivity contribution in [1.29, 1.82) is 0 Å². The summed E-state index contributed by atoms with van der Waals surface area (Å²) in [4.78, 5) is 13.1. The molecule has 1 saturated heterocycles. The van der Waals surface area contributed by atoms with Crippen molar-refractivity contribution in [2.45, 2.75) is 371 Å². The SMILES string of the molecule is CCCCCCCCCCCCCCCCCC/C=C\CCCCCCCCCCCCCCCCCCC(O)C(=O)NC(COC1OC(CO)C(O)C(O)C1O)C(O)CCCCCCCCCCCCCC. The first-order valence-electron chi connectivity index (χ1n) is 32.0. The Balaban J connectivity index is 2.06. The minimum absolute atomic E-state index is 0.251. The molecule has 0 spiro atoms. The molecule has 1 rings (SSSR count). The van der Waals surface area contributed by atoms with Gasteiger partial charge in [0, 0.05) is 0 Å². The molecular weight excluding hydrogens is 915 g/mol. The molecule has 10 heteroatoms. The van der Waals surface area contributed by atoms with Gasteiger partial charge in [-0.3, -0.25) is 4.79 Å². The molecule has 1 fully saturated rings. The first kappa shape index (κ1) is 69.9. The number of amides is 1. The van der Waals surface area contributed by atoms with E-state index in [1.807, 2.05) is 0 Å². The molecule has 8 atom stereocenters. The summed E-state index contributed by atoms with van der Waals surface area (Å²) in [6.45, 7) is 3.70. The van der Waals surface area contributed by atoms with Crippen LogP contribution in [0.25, 0.3) is 0 Å². The summed E-state index contributed by atoms with van der Waals surface area (Å²) in [7, 11) is 0. The van der Waals surface area contributed by atoms with Crippen molar-refractivity contribution in [2.24, 2.45) is 0 Å². The fourth-order valence-electron chi connectivity index (χ4n) is 10.6. The number of hydrogen-bond acceptors (Lipinski definition) is 9. The Morgan fingerprint density at radius 3 is 1.11 bits per heavy atom. The molecule has 1 heterocycles. The molecule has 0 bridgehead atoms. The fourth-order valence-corrected chi connectivity index (χ4v) is 10.6. The van der Waals surface area contributed by atoms with E-state index in [1.165, 1.54) is 250 Å². The van der Waals surface area contributed by atoms with Crippen molar-refractivity contribution in [2.75, 3.05) is 13.2 Å². The number of aliphatic hydroxyl groups is 6. The first-order chi connectivity index (χ1) is 35.8. The van der Waals surface area contributed by atoms with Crippen LogP contribution in [0.3, 0.4) is 0 Å². The van der Waals surface area contributed by atoms with Gasteiger partial charge in [0.1, 0.15) is 30.5 Å². The Hall–Kier alpha value is -1.11. The van der Waals surface area contributed by atoms with E-state index in [2.05, 4.69) is 31.3 Å². The predicted molar refractivity (Wildman–Crippen MR) is 306 cm³/mol. The van der Waals surface area contributed by atoms with Gasteiger partial charge in [-0.2, -0.15) is 0 Å². The zero-order valence-corrected chi connectivity index (χ0v) is 48.0. The van der Waals surface area contributed by atoms with Crippen LogP contribution < -0.4 is 5.32 Å². The van der Waals surface area contributed by atoms with Crippen molar-refractivity contribution >= 4 is 5.91 Å². The Labute approximate surface area is 450 Å². The van der Waals surface area contributed by atoms with E-state index in [4.69, 9.17) is 9.47 Å². The van der Waals surface area contributed by atoms with E-state index in [0.29, 0.717) is 12.8 Å². The number of unbranched alkanes of at least 4 members (excludes halogenated alkanes) is 43. The third-order valence-electron chi connectivity index (χ3n) is 15.7. The van der Waals surface area contributed by atoms with Crippen LogP contribution in [0.15, 0.2) is 12.2 Å². The van der Waals surface area contributed by atoms with E-state index in [9.17, 15) is 35.4 Å². The van der Waals surface area contributed by atoms with E-state index >= 15 is 0 Å². The van der Waals surface area contributed by atoms with Gasteiger partial charge >= 0.3 is 0 Å². The maximum atomic E-state index is 13.1. The molecule has 434 valence electrons. The number of allylic oxidation sites excluding steroid dienone is 2. The van der Waals surface area contributed by atoms with E-state index in [0.717, 1.165) is 44.9 Å². The molecule has 0 saturated carbocycles. The lowest BCUT2D eigenvalue weighted by molar-refractivity contribution is -0.302. The number of rotatable bonds is 56. The highest BCUT2D eigenvalue weighted by Crippen LogP contribution is 2.24. The summed E-state index contributed by atoms with van der Waals surface area (Å²) in [5, 5.41) is 65.2. The van der Waals surface area contributed by atoms with Gasteiger partial charge in [0.25, 0.3) is 0 Å². The Kier molecular flexibility index (Phi) is 50.7. The molecule has 10 nitrogen and oxygen atoms in total. The molecule has 0 aliphatic carbocycles. The largest absolute Gasteiger partial charge is 0.394 e. The number of ether oxygens (including phenoxy) is 2. The number of carbonyl (C=O) groups excluding carboxylic acids is 1. The Bertz CT molecular complexity index is 1170. The van der Waals surface area contributed by atoms with Crippen LogP contribution in [0.5, 0.6) is 0 Å². The average Bonchev–Trinajstić information content (AvgIpc) is 3.39. The normalized spacial score (nSPS) is 19.5. The second-order valence-electron chi connectivity index (χ2n) is 22.7. The van der Waals surface area contributed by atoms with Crippen molar-refractivity contribution in [1.82, 2.24) is 5.32 Å². The number of aliphatic hydroxyl groups excluding tert-OH is 6. The molecule has 0 aromatic rings. The number of nitrogens with one attached hydrogen (secondary N) is 1. The maximum absolute atomic E-state index is 13.1. The Morgan fingerprint density at radius 2 is 0.767 bits per heavy atom. The summed E-state index contributed by atoms with van der Waals surface area (Å²) in [5.41, 5.74) is 0.